The first kappa shape index (κ1) is 20.4. The highest BCUT2D eigenvalue weighted by molar-refractivity contribution is 8.00. The van der Waals surface area contributed by atoms with E-state index in [2.05, 4.69) is 10.3 Å². The van der Waals surface area contributed by atoms with Gasteiger partial charge in [-0.2, -0.15) is 4.98 Å². The van der Waals surface area contributed by atoms with Crippen molar-refractivity contribution in [3.8, 4) is 11.5 Å². The lowest BCUT2D eigenvalue weighted by molar-refractivity contribution is -0.113. The van der Waals surface area contributed by atoms with E-state index in [1.54, 1.807) is 22.8 Å². The Labute approximate surface area is 184 Å². The summed E-state index contributed by atoms with van der Waals surface area (Å²) in [5.41, 5.74) is 2.59. The van der Waals surface area contributed by atoms with Gasteiger partial charge in [-0.15, -0.1) is 0 Å². The average Bonchev–Trinajstić information content (AvgIpc) is 3.46. The maximum absolute atomic E-state index is 12.8. The van der Waals surface area contributed by atoms with Crippen LogP contribution in [0.25, 0.3) is 0 Å². The number of anilines is 1. The number of thioether (sulfide) groups is 1. The van der Waals surface area contributed by atoms with Crippen molar-refractivity contribution < 1.29 is 19.0 Å². The molecular formula is C22H25N3O5S. The zero-order chi connectivity index (χ0) is 21.2. The van der Waals surface area contributed by atoms with Crippen LogP contribution in [0.1, 0.15) is 36.9 Å². The van der Waals surface area contributed by atoms with Crippen LogP contribution in [0.15, 0.2) is 28.0 Å². The van der Waals surface area contributed by atoms with E-state index in [1.807, 2.05) is 0 Å². The van der Waals surface area contributed by atoms with Crippen LogP contribution in [0.5, 0.6) is 11.5 Å². The van der Waals surface area contributed by atoms with Crippen molar-refractivity contribution in [3.63, 3.8) is 0 Å². The number of nitrogens with zero attached hydrogens (tertiary/aromatic N) is 2. The summed E-state index contributed by atoms with van der Waals surface area (Å²) in [5, 5.41) is 3.56. The molecule has 1 aromatic heterocycles. The van der Waals surface area contributed by atoms with E-state index >= 15 is 0 Å². The summed E-state index contributed by atoms with van der Waals surface area (Å²) in [4.78, 5) is 29.7. The van der Waals surface area contributed by atoms with E-state index < -0.39 is 0 Å². The molecule has 2 aromatic rings. The van der Waals surface area contributed by atoms with Crippen LogP contribution in [-0.2, 0) is 28.9 Å². The van der Waals surface area contributed by atoms with E-state index in [1.165, 1.54) is 11.8 Å². The van der Waals surface area contributed by atoms with Gasteiger partial charge >= 0.3 is 5.69 Å². The fourth-order valence-electron chi connectivity index (χ4n) is 4.35. The van der Waals surface area contributed by atoms with Gasteiger partial charge in [-0.05, 0) is 50.7 Å². The minimum absolute atomic E-state index is 0.0940. The van der Waals surface area contributed by atoms with Crippen LogP contribution in [0.3, 0.4) is 0 Å². The summed E-state index contributed by atoms with van der Waals surface area (Å²) in [6.45, 7) is 1.53. The molecule has 31 heavy (non-hydrogen) atoms. The van der Waals surface area contributed by atoms with Crippen molar-refractivity contribution >= 4 is 23.4 Å². The molecule has 9 heteroatoms. The van der Waals surface area contributed by atoms with E-state index in [4.69, 9.17) is 14.2 Å². The summed E-state index contributed by atoms with van der Waals surface area (Å²) in [5.74, 6) is 1.32. The number of hydrogen-bond acceptors (Lipinski definition) is 7. The van der Waals surface area contributed by atoms with E-state index in [9.17, 15) is 9.59 Å². The summed E-state index contributed by atoms with van der Waals surface area (Å²) >= 11 is 1.33. The van der Waals surface area contributed by atoms with E-state index in [0.29, 0.717) is 28.8 Å². The normalized spacial score (nSPS) is 19.3. The maximum Gasteiger partial charge on any atom is 0.348 e. The van der Waals surface area contributed by atoms with E-state index in [-0.39, 0.29) is 30.2 Å². The van der Waals surface area contributed by atoms with Gasteiger partial charge < -0.3 is 19.5 Å². The Morgan fingerprint density at radius 3 is 2.94 bits per heavy atom. The molecular weight excluding hydrogens is 418 g/mol. The first-order valence-electron chi connectivity index (χ1n) is 10.7. The number of carbonyl (C=O) groups excluding carboxylic acids is 1. The predicted molar refractivity (Wildman–Crippen MR) is 116 cm³/mol. The zero-order valence-corrected chi connectivity index (χ0v) is 18.0. The number of amides is 1. The molecule has 1 N–H and O–H groups in total. The second-order valence-corrected chi connectivity index (χ2v) is 8.95. The number of benzene rings is 1. The Kier molecular flexibility index (Phi) is 5.87. The largest absolute Gasteiger partial charge is 0.454 e. The number of ether oxygens (including phenoxy) is 3. The third-order valence-corrected chi connectivity index (χ3v) is 6.87. The molecule has 0 saturated carbocycles. The summed E-state index contributed by atoms with van der Waals surface area (Å²) in [6.07, 6.45) is 6.02. The molecule has 5 rings (SSSR count). The average molecular weight is 444 g/mol. The second kappa shape index (κ2) is 8.92. The molecule has 3 aliphatic rings. The Morgan fingerprint density at radius 1 is 1.19 bits per heavy atom. The quantitative estimate of drug-likeness (QED) is 0.542. The fraction of sp³-hybridized carbons (Fsp3) is 0.500. The third-order valence-electron chi connectivity index (χ3n) is 5.86. The van der Waals surface area contributed by atoms with Crippen LogP contribution < -0.4 is 20.5 Å². The minimum atomic E-state index is -0.241. The maximum atomic E-state index is 12.8. The topological polar surface area (TPSA) is 91.7 Å². The summed E-state index contributed by atoms with van der Waals surface area (Å²) < 4.78 is 18.2. The van der Waals surface area contributed by atoms with Crippen LogP contribution in [0, 0.1) is 0 Å². The second-order valence-electron chi connectivity index (χ2n) is 7.98. The lowest BCUT2D eigenvalue weighted by Crippen LogP contribution is -2.34. The number of fused-ring (bicyclic) bond motifs is 2. The van der Waals surface area contributed by atoms with Crippen molar-refractivity contribution in [2.75, 3.05) is 24.5 Å². The Balaban J connectivity index is 1.29. The van der Waals surface area contributed by atoms with Crippen LogP contribution in [0.2, 0.25) is 0 Å². The van der Waals surface area contributed by atoms with Gasteiger partial charge in [-0.1, -0.05) is 11.8 Å². The molecule has 0 unspecified atom stereocenters. The number of nitrogens with one attached hydrogen (secondary N) is 1. The Hall–Kier alpha value is -2.52. The fourth-order valence-corrected chi connectivity index (χ4v) is 5.23. The molecule has 1 aromatic carbocycles. The Bertz CT molecular complexity index is 1050. The molecule has 3 heterocycles. The number of rotatable bonds is 6. The smallest absolute Gasteiger partial charge is 0.348 e. The molecule has 164 valence electrons. The monoisotopic (exact) mass is 443 g/mol. The first-order valence-corrected chi connectivity index (χ1v) is 11.7. The van der Waals surface area contributed by atoms with Gasteiger partial charge in [-0.25, -0.2) is 4.79 Å². The molecule has 1 aliphatic carbocycles. The zero-order valence-electron chi connectivity index (χ0n) is 17.2. The number of hydrogen-bond donors (Lipinski definition) is 1. The Morgan fingerprint density at radius 2 is 2.06 bits per heavy atom. The van der Waals surface area contributed by atoms with Crippen LogP contribution in [0.4, 0.5) is 5.69 Å². The lowest BCUT2D eigenvalue weighted by Gasteiger charge is -2.24. The van der Waals surface area contributed by atoms with Crippen molar-refractivity contribution in [2.24, 2.45) is 0 Å². The molecule has 1 saturated heterocycles. The van der Waals surface area contributed by atoms with Gasteiger partial charge in [0.15, 0.2) is 11.5 Å². The first-order chi connectivity index (χ1) is 15.2. The molecule has 1 atom stereocenters. The summed E-state index contributed by atoms with van der Waals surface area (Å²) in [7, 11) is 0. The highest BCUT2D eigenvalue weighted by Crippen LogP contribution is 2.34. The van der Waals surface area contributed by atoms with Crippen molar-refractivity contribution in [3.05, 3.63) is 39.9 Å². The van der Waals surface area contributed by atoms with Gasteiger partial charge in [0.05, 0.1) is 18.4 Å². The highest BCUT2D eigenvalue weighted by Gasteiger charge is 2.24. The van der Waals surface area contributed by atoms with Crippen molar-refractivity contribution in [1.29, 1.82) is 0 Å². The number of carbonyl (C=O) groups is 1. The van der Waals surface area contributed by atoms with E-state index in [0.717, 1.165) is 56.4 Å². The van der Waals surface area contributed by atoms with Crippen LogP contribution in [-0.4, -0.2) is 40.7 Å². The molecule has 0 spiro atoms. The van der Waals surface area contributed by atoms with Crippen molar-refractivity contribution in [2.45, 2.75) is 56.2 Å². The SMILES string of the molecule is O=C(CSc1nc(=O)n(C[C@H]2CCCO2)c2c1CCCC2)Nc1ccc2c(c1)OCO2. The van der Waals surface area contributed by atoms with Crippen molar-refractivity contribution in [1.82, 2.24) is 9.55 Å². The lowest BCUT2D eigenvalue weighted by atomic mass is 9.97. The van der Waals surface area contributed by atoms with Gasteiger partial charge in [0.1, 0.15) is 5.03 Å². The van der Waals surface area contributed by atoms with Gasteiger partial charge in [0.2, 0.25) is 12.7 Å². The van der Waals surface area contributed by atoms with Gasteiger partial charge in [0.25, 0.3) is 0 Å². The molecule has 0 radical (unpaired) electrons. The highest BCUT2D eigenvalue weighted by atomic mass is 32.2. The molecule has 1 fully saturated rings. The minimum Gasteiger partial charge on any atom is -0.454 e. The predicted octanol–water partition coefficient (Wildman–Crippen LogP) is 2.76. The molecule has 0 bridgehead atoms. The summed E-state index contributed by atoms with van der Waals surface area (Å²) in [6, 6.07) is 5.30. The molecule has 2 aliphatic heterocycles. The van der Waals surface area contributed by atoms with Crippen LogP contribution >= 0.6 is 11.8 Å². The standard InChI is InChI=1S/C22H25N3O5S/c26-20(23-14-7-8-18-19(10-14)30-13-29-18)12-31-21-16-5-1-2-6-17(16)25(22(27)24-21)11-15-4-3-9-28-15/h7-8,10,15H,1-6,9,11-13H2,(H,23,26)/t15-/m1/s1. The van der Waals surface area contributed by atoms with Gasteiger partial charge in [-0.3, -0.25) is 9.36 Å². The van der Waals surface area contributed by atoms with Gasteiger partial charge in [0, 0.05) is 29.6 Å². The molecule has 1 amide bonds. The number of aromatic nitrogens is 2. The third kappa shape index (κ3) is 4.43. The molecule has 8 nitrogen and oxygen atoms in total.